The van der Waals surface area contributed by atoms with E-state index >= 15 is 0 Å². The molecule has 4 N–H and O–H groups in total. The SMILES string of the molecule is C=C(Cl)CNC(=O)c1sc(NC)nc1N. The van der Waals surface area contributed by atoms with Gasteiger partial charge in [0.2, 0.25) is 0 Å². The maximum absolute atomic E-state index is 11.6. The standard InChI is InChI=1S/C8H11ClN4OS/c1-4(9)3-12-7(14)5-6(10)13-8(11-2)15-5/h1,3,10H2,2H3,(H,11,13)(H,12,14). The predicted octanol–water partition coefficient (Wildman–Crippen LogP) is 1.25. The zero-order chi connectivity index (χ0) is 11.4. The van der Waals surface area contributed by atoms with Crippen LogP contribution >= 0.6 is 22.9 Å². The van der Waals surface area contributed by atoms with Crippen LogP contribution in [0.4, 0.5) is 10.9 Å². The lowest BCUT2D eigenvalue weighted by molar-refractivity contribution is 0.0962. The second kappa shape index (κ2) is 4.99. The summed E-state index contributed by atoms with van der Waals surface area (Å²) in [4.78, 5) is 15.9. The van der Waals surface area contributed by atoms with Crippen LogP contribution in [0.15, 0.2) is 11.6 Å². The number of anilines is 2. The average molecular weight is 247 g/mol. The number of rotatable bonds is 4. The Hall–Kier alpha value is -1.27. The zero-order valence-corrected chi connectivity index (χ0v) is 9.71. The minimum atomic E-state index is -0.298. The van der Waals surface area contributed by atoms with Crippen molar-refractivity contribution in [3.63, 3.8) is 0 Å². The Morgan fingerprint density at radius 1 is 1.73 bits per heavy atom. The number of thiazole rings is 1. The average Bonchev–Trinajstić information content (AvgIpc) is 2.56. The van der Waals surface area contributed by atoms with E-state index in [2.05, 4.69) is 22.2 Å². The molecule has 0 saturated heterocycles. The normalized spacial score (nSPS) is 9.73. The van der Waals surface area contributed by atoms with Gasteiger partial charge in [-0.1, -0.05) is 29.5 Å². The lowest BCUT2D eigenvalue weighted by atomic mass is 10.4. The van der Waals surface area contributed by atoms with Crippen LogP contribution in [0.3, 0.4) is 0 Å². The van der Waals surface area contributed by atoms with Gasteiger partial charge in [-0.3, -0.25) is 4.79 Å². The van der Waals surface area contributed by atoms with Crippen molar-refractivity contribution >= 4 is 39.8 Å². The van der Waals surface area contributed by atoms with Crippen molar-refractivity contribution in [2.45, 2.75) is 0 Å². The van der Waals surface area contributed by atoms with Gasteiger partial charge in [0.25, 0.3) is 5.91 Å². The minimum Gasteiger partial charge on any atom is -0.382 e. The van der Waals surface area contributed by atoms with E-state index in [1.807, 2.05) is 0 Å². The van der Waals surface area contributed by atoms with E-state index in [-0.39, 0.29) is 18.3 Å². The summed E-state index contributed by atoms with van der Waals surface area (Å²) < 4.78 is 0. The Morgan fingerprint density at radius 2 is 2.40 bits per heavy atom. The highest BCUT2D eigenvalue weighted by Crippen LogP contribution is 2.24. The highest BCUT2D eigenvalue weighted by molar-refractivity contribution is 7.18. The Balaban J connectivity index is 2.72. The fraction of sp³-hybridized carbons (Fsp3) is 0.250. The van der Waals surface area contributed by atoms with Gasteiger partial charge in [0.1, 0.15) is 10.7 Å². The van der Waals surface area contributed by atoms with E-state index in [1.54, 1.807) is 7.05 Å². The Bertz CT molecular complexity index is 390. The molecule has 0 atom stereocenters. The van der Waals surface area contributed by atoms with Gasteiger partial charge in [-0.05, 0) is 0 Å². The second-order valence-electron chi connectivity index (χ2n) is 2.68. The van der Waals surface area contributed by atoms with Crippen LogP contribution in [0.1, 0.15) is 9.67 Å². The van der Waals surface area contributed by atoms with Crippen LogP contribution in [-0.4, -0.2) is 24.5 Å². The maximum atomic E-state index is 11.6. The molecule has 0 radical (unpaired) electrons. The summed E-state index contributed by atoms with van der Waals surface area (Å²) in [6.07, 6.45) is 0. The fourth-order valence-corrected chi connectivity index (χ4v) is 1.68. The first kappa shape index (κ1) is 11.8. The smallest absolute Gasteiger partial charge is 0.265 e. The first-order valence-electron chi connectivity index (χ1n) is 4.10. The molecule has 0 saturated carbocycles. The number of aromatic nitrogens is 1. The molecule has 0 aliphatic rings. The molecule has 5 nitrogen and oxygen atoms in total. The van der Waals surface area contributed by atoms with Gasteiger partial charge in [-0.2, -0.15) is 0 Å². The van der Waals surface area contributed by atoms with Crippen LogP contribution in [0.25, 0.3) is 0 Å². The number of halogens is 1. The first-order valence-corrected chi connectivity index (χ1v) is 5.29. The van der Waals surface area contributed by atoms with Crippen molar-refractivity contribution in [3.05, 3.63) is 16.5 Å². The highest BCUT2D eigenvalue weighted by Gasteiger charge is 2.15. The molecule has 0 fully saturated rings. The Morgan fingerprint density at radius 3 is 2.87 bits per heavy atom. The highest BCUT2D eigenvalue weighted by atomic mass is 35.5. The van der Waals surface area contributed by atoms with E-state index < -0.39 is 0 Å². The summed E-state index contributed by atoms with van der Waals surface area (Å²) >= 11 is 6.70. The second-order valence-corrected chi connectivity index (χ2v) is 4.22. The van der Waals surface area contributed by atoms with Crippen molar-refractivity contribution in [2.24, 2.45) is 0 Å². The number of hydrogen-bond acceptors (Lipinski definition) is 5. The van der Waals surface area contributed by atoms with E-state index in [4.69, 9.17) is 17.3 Å². The molecule has 0 aliphatic heterocycles. The Labute approximate surface area is 96.3 Å². The monoisotopic (exact) mass is 246 g/mol. The van der Waals surface area contributed by atoms with E-state index in [1.165, 1.54) is 11.3 Å². The van der Waals surface area contributed by atoms with Crippen molar-refractivity contribution in [2.75, 3.05) is 24.6 Å². The lowest BCUT2D eigenvalue weighted by Crippen LogP contribution is -2.24. The van der Waals surface area contributed by atoms with Gasteiger partial charge in [0, 0.05) is 12.1 Å². The molecule has 1 rings (SSSR count). The summed E-state index contributed by atoms with van der Waals surface area (Å²) in [6.45, 7) is 3.67. The molecule has 82 valence electrons. The van der Waals surface area contributed by atoms with Crippen molar-refractivity contribution < 1.29 is 4.79 Å². The minimum absolute atomic E-state index is 0.210. The first-order chi connectivity index (χ1) is 7.04. The number of nitrogens with two attached hydrogens (primary N) is 1. The summed E-state index contributed by atoms with van der Waals surface area (Å²) in [5.41, 5.74) is 5.57. The van der Waals surface area contributed by atoms with Crippen LogP contribution < -0.4 is 16.4 Å². The number of nitrogens with one attached hydrogen (secondary N) is 2. The predicted molar refractivity (Wildman–Crippen MR) is 63.4 cm³/mol. The summed E-state index contributed by atoms with van der Waals surface area (Å²) in [5, 5.41) is 6.34. The molecule has 15 heavy (non-hydrogen) atoms. The van der Waals surface area contributed by atoms with Gasteiger partial charge in [-0.25, -0.2) is 4.98 Å². The third-order valence-electron chi connectivity index (χ3n) is 1.51. The molecule has 0 spiro atoms. The van der Waals surface area contributed by atoms with Crippen LogP contribution in [0.2, 0.25) is 0 Å². The molecule has 1 aromatic rings. The van der Waals surface area contributed by atoms with E-state index in [0.29, 0.717) is 15.0 Å². The van der Waals surface area contributed by atoms with Crippen LogP contribution in [0.5, 0.6) is 0 Å². The molecular weight excluding hydrogens is 236 g/mol. The summed E-state index contributed by atoms with van der Waals surface area (Å²) in [7, 11) is 1.71. The number of nitrogen functional groups attached to an aromatic ring is 1. The summed E-state index contributed by atoms with van der Waals surface area (Å²) in [5.74, 6) is -0.0877. The molecule has 1 heterocycles. The fourth-order valence-electron chi connectivity index (χ4n) is 0.858. The third-order valence-corrected chi connectivity index (χ3v) is 2.74. The van der Waals surface area contributed by atoms with Crippen molar-refractivity contribution in [1.29, 1.82) is 0 Å². The van der Waals surface area contributed by atoms with Gasteiger partial charge >= 0.3 is 0 Å². The lowest BCUT2D eigenvalue weighted by Gasteiger charge is -2.00. The quantitative estimate of drug-likeness (QED) is 0.747. The van der Waals surface area contributed by atoms with Gasteiger partial charge in [-0.15, -0.1) is 0 Å². The number of hydrogen-bond donors (Lipinski definition) is 3. The molecule has 0 unspecified atom stereocenters. The van der Waals surface area contributed by atoms with Crippen LogP contribution in [-0.2, 0) is 0 Å². The van der Waals surface area contributed by atoms with E-state index in [9.17, 15) is 4.79 Å². The molecular formula is C8H11ClN4OS. The van der Waals surface area contributed by atoms with Crippen molar-refractivity contribution in [1.82, 2.24) is 10.3 Å². The summed E-state index contributed by atoms with van der Waals surface area (Å²) in [6, 6.07) is 0. The van der Waals surface area contributed by atoms with Gasteiger partial charge < -0.3 is 16.4 Å². The van der Waals surface area contributed by atoms with Gasteiger partial charge in [0.05, 0.1) is 6.54 Å². The maximum Gasteiger partial charge on any atom is 0.265 e. The number of carbonyl (C=O) groups excluding carboxylic acids is 1. The molecule has 0 bridgehead atoms. The molecule has 0 aliphatic carbocycles. The van der Waals surface area contributed by atoms with Crippen LogP contribution in [0, 0.1) is 0 Å². The molecule has 1 amide bonds. The number of carbonyl (C=O) groups is 1. The topological polar surface area (TPSA) is 80.0 Å². The van der Waals surface area contributed by atoms with Crippen molar-refractivity contribution in [3.8, 4) is 0 Å². The largest absolute Gasteiger partial charge is 0.382 e. The molecule has 0 aromatic carbocycles. The van der Waals surface area contributed by atoms with E-state index in [0.717, 1.165) is 0 Å². The number of amides is 1. The molecule has 1 aromatic heterocycles. The third kappa shape index (κ3) is 3.10. The zero-order valence-electron chi connectivity index (χ0n) is 8.13. The number of nitrogens with zero attached hydrogens (tertiary/aromatic N) is 1. The van der Waals surface area contributed by atoms with Gasteiger partial charge in [0.15, 0.2) is 5.13 Å². The Kier molecular flexibility index (Phi) is 3.93. The molecule has 7 heteroatoms.